The Balaban J connectivity index is 2.06. The van der Waals surface area contributed by atoms with Crippen LogP contribution in [-0.2, 0) is 6.42 Å². The van der Waals surface area contributed by atoms with Crippen molar-refractivity contribution in [1.82, 2.24) is 5.23 Å². The van der Waals surface area contributed by atoms with Gasteiger partial charge in [-0.15, -0.1) is 0 Å². The minimum absolute atomic E-state index is 0.731. The smallest absolute Gasteiger partial charge is 0.177 e. The molecule has 0 bridgehead atoms. The summed E-state index contributed by atoms with van der Waals surface area (Å²) in [6.07, 6.45) is 3.03. The summed E-state index contributed by atoms with van der Waals surface area (Å²) in [5, 5.41) is 2.66. The SMILES string of the molecule is [B]NCCCCOc1ccc(-c2ccc(C)cc2)c(CC)c1. The monoisotopic (exact) mass is 293 g/mol. The first-order valence-electron chi connectivity index (χ1n) is 8.01. The summed E-state index contributed by atoms with van der Waals surface area (Å²) in [4.78, 5) is 0. The second-order valence-corrected chi connectivity index (χ2v) is 5.55. The predicted molar refractivity (Wildman–Crippen MR) is 94.5 cm³/mol. The van der Waals surface area contributed by atoms with Crippen molar-refractivity contribution >= 4 is 7.98 Å². The Morgan fingerprint density at radius 2 is 1.82 bits per heavy atom. The number of hydrogen-bond donors (Lipinski definition) is 1. The second kappa shape index (κ2) is 8.65. The van der Waals surface area contributed by atoms with Gasteiger partial charge in [-0.1, -0.05) is 42.8 Å². The van der Waals surface area contributed by atoms with Gasteiger partial charge in [-0.05, 0) is 61.6 Å². The van der Waals surface area contributed by atoms with Crippen molar-refractivity contribution < 1.29 is 4.74 Å². The molecule has 2 nitrogen and oxygen atoms in total. The molecule has 0 aliphatic carbocycles. The lowest BCUT2D eigenvalue weighted by Gasteiger charge is -2.12. The standard InChI is InChI=1S/C19H24BNO/c1-3-16-14-18(22-13-5-4-12-21-20)10-11-19(16)17-8-6-15(2)7-9-17/h6-11,14,21H,3-5,12-13H2,1-2H3. The third-order valence-corrected chi connectivity index (χ3v) is 3.80. The molecule has 114 valence electrons. The molecule has 2 rings (SSSR count). The number of ether oxygens (including phenoxy) is 1. The van der Waals surface area contributed by atoms with E-state index in [0.717, 1.165) is 38.2 Å². The average molecular weight is 293 g/mol. The van der Waals surface area contributed by atoms with Crippen molar-refractivity contribution in [3.63, 3.8) is 0 Å². The summed E-state index contributed by atoms with van der Waals surface area (Å²) in [5.41, 5.74) is 5.17. The summed E-state index contributed by atoms with van der Waals surface area (Å²) in [6, 6.07) is 15.1. The van der Waals surface area contributed by atoms with Crippen molar-refractivity contribution in [2.24, 2.45) is 0 Å². The van der Waals surface area contributed by atoms with E-state index in [1.54, 1.807) is 0 Å². The van der Waals surface area contributed by atoms with Gasteiger partial charge in [0.2, 0.25) is 0 Å². The van der Waals surface area contributed by atoms with Crippen LogP contribution in [0.2, 0.25) is 0 Å². The Morgan fingerprint density at radius 3 is 2.50 bits per heavy atom. The van der Waals surface area contributed by atoms with E-state index >= 15 is 0 Å². The van der Waals surface area contributed by atoms with Crippen LogP contribution < -0.4 is 9.96 Å². The van der Waals surface area contributed by atoms with Gasteiger partial charge in [0.1, 0.15) is 5.75 Å². The largest absolute Gasteiger partial charge is 0.494 e. The quantitative estimate of drug-likeness (QED) is 0.585. The van der Waals surface area contributed by atoms with Crippen molar-refractivity contribution in [3.05, 3.63) is 53.6 Å². The third kappa shape index (κ3) is 4.64. The molecule has 0 aliphatic rings. The number of rotatable bonds is 8. The highest BCUT2D eigenvalue weighted by atomic mass is 16.5. The van der Waals surface area contributed by atoms with Crippen LogP contribution in [0.3, 0.4) is 0 Å². The van der Waals surface area contributed by atoms with E-state index in [1.807, 2.05) is 0 Å². The Bertz CT molecular complexity index is 580. The van der Waals surface area contributed by atoms with Crippen LogP contribution in [0.25, 0.3) is 11.1 Å². The third-order valence-electron chi connectivity index (χ3n) is 3.80. The van der Waals surface area contributed by atoms with Crippen molar-refractivity contribution in [2.75, 3.05) is 13.2 Å². The van der Waals surface area contributed by atoms with Gasteiger partial charge in [0.05, 0.1) is 6.61 Å². The van der Waals surface area contributed by atoms with Gasteiger partial charge in [-0.25, -0.2) is 0 Å². The van der Waals surface area contributed by atoms with E-state index in [1.165, 1.54) is 22.3 Å². The van der Waals surface area contributed by atoms with Gasteiger partial charge >= 0.3 is 0 Å². The Kier molecular flexibility index (Phi) is 6.54. The molecule has 0 unspecified atom stereocenters. The van der Waals surface area contributed by atoms with Crippen LogP contribution in [0.1, 0.15) is 30.9 Å². The molecule has 3 heteroatoms. The van der Waals surface area contributed by atoms with Crippen molar-refractivity contribution in [2.45, 2.75) is 33.1 Å². The normalized spacial score (nSPS) is 10.6. The number of aryl methyl sites for hydroxylation is 2. The number of unbranched alkanes of at least 4 members (excludes halogenated alkanes) is 1. The minimum atomic E-state index is 0.731. The zero-order chi connectivity index (χ0) is 15.8. The molecule has 0 saturated carbocycles. The fraction of sp³-hybridized carbons (Fsp3) is 0.368. The summed E-state index contributed by atoms with van der Waals surface area (Å²) < 4.78 is 5.84. The van der Waals surface area contributed by atoms with E-state index < -0.39 is 0 Å². The molecule has 0 amide bonds. The summed E-state index contributed by atoms with van der Waals surface area (Å²) in [5.74, 6) is 0.952. The average Bonchev–Trinajstić information content (AvgIpc) is 2.55. The van der Waals surface area contributed by atoms with E-state index in [4.69, 9.17) is 12.7 Å². The minimum Gasteiger partial charge on any atom is -0.494 e. The van der Waals surface area contributed by atoms with Crippen LogP contribution in [0.15, 0.2) is 42.5 Å². The molecule has 2 aromatic rings. The molecule has 0 spiro atoms. The molecule has 2 aromatic carbocycles. The Labute approximate surface area is 135 Å². The second-order valence-electron chi connectivity index (χ2n) is 5.55. The zero-order valence-corrected chi connectivity index (χ0v) is 13.6. The number of hydrogen-bond acceptors (Lipinski definition) is 2. The Hall–Kier alpha value is -1.74. The van der Waals surface area contributed by atoms with Gasteiger partial charge in [-0.2, -0.15) is 0 Å². The summed E-state index contributed by atoms with van der Waals surface area (Å²) in [7, 11) is 5.25. The molecular formula is C19H24BNO. The number of benzene rings is 2. The lowest BCUT2D eigenvalue weighted by Crippen LogP contribution is -2.11. The van der Waals surface area contributed by atoms with Crippen LogP contribution in [-0.4, -0.2) is 21.1 Å². The van der Waals surface area contributed by atoms with E-state index in [0.29, 0.717) is 0 Å². The molecule has 0 fully saturated rings. The molecule has 2 radical (unpaired) electrons. The highest BCUT2D eigenvalue weighted by Gasteiger charge is 2.06. The molecule has 0 aliphatic heterocycles. The van der Waals surface area contributed by atoms with Gasteiger partial charge < -0.3 is 9.96 Å². The highest BCUT2D eigenvalue weighted by molar-refractivity contribution is 6.04. The maximum atomic E-state index is 5.84. The zero-order valence-electron chi connectivity index (χ0n) is 13.6. The lowest BCUT2D eigenvalue weighted by atomic mass is 9.97. The fourth-order valence-electron chi connectivity index (χ4n) is 2.49. The van der Waals surface area contributed by atoms with Gasteiger partial charge in [0.15, 0.2) is 7.98 Å². The summed E-state index contributed by atoms with van der Waals surface area (Å²) >= 11 is 0. The van der Waals surface area contributed by atoms with E-state index in [-0.39, 0.29) is 0 Å². The Morgan fingerprint density at radius 1 is 1.05 bits per heavy atom. The molecule has 0 saturated heterocycles. The van der Waals surface area contributed by atoms with Gasteiger partial charge in [0.25, 0.3) is 0 Å². The maximum Gasteiger partial charge on any atom is 0.177 e. The first kappa shape index (κ1) is 16.6. The fourth-order valence-corrected chi connectivity index (χ4v) is 2.49. The molecule has 22 heavy (non-hydrogen) atoms. The number of nitrogens with one attached hydrogen (secondary N) is 1. The van der Waals surface area contributed by atoms with E-state index in [9.17, 15) is 0 Å². The topological polar surface area (TPSA) is 21.3 Å². The molecule has 0 atom stereocenters. The lowest BCUT2D eigenvalue weighted by molar-refractivity contribution is 0.307. The molecular weight excluding hydrogens is 269 g/mol. The molecule has 0 heterocycles. The first-order chi connectivity index (χ1) is 10.7. The molecule has 1 N–H and O–H groups in total. The first-order valence-corrected chi connectivity index (χ1v) is 8.01. The van der Waals surface area contributed by atoms with Crippen LogP contribution in [0.4, 0.5) is 0 Å². The van der Waals surface area contributed by atoms with Crippen molar-refractivity contribution in [1.29, 1.82) is 0 Å². The van der Waals surface area contributed by atoms with Crippen LogP contribution >= 0.6 is 0 Å². The van der Waals surface area contributed by atoms with Crippen molar-refractivity contribution in [3.8, 4) is 16.9 Å². The highest BCUT2D eigenvalue weighted by Crippen LogP contribution is 2.28. The molecule has 0 aromatic heterocycles. The maximum absolute atomic E-state index is 5.84. The van der Waals surface area contributed by atoms with Crippen LogP contribution in [0, 0.1) is 6.92 Å². The van der Waals surface area contributed by atoms with Gasteiger partial charge in [0, 0.05) is 0 Å². The van der Waals surface area contributed by atoms with E-state index in [2.05, 4.69) is 61.5 Å². The summed E-state index contributed by atoms with van der Waals surface area (Å²) in [6.45, 7) is 5.86. The van der Waals surface area contributed by atoms with Gasteiger partial charge in [-0.3, -0.25) is 0 Å². The predicted octanol–water partition coefficient (Wildman–Crippen LogP) is 4.06. The van der Waals surface area contributed by atoms with Crippen LogP contribution in [0.5, 0.6) is 5.75 Å².